The van der Waals surface area contributed by atoms with E-state index in [-0.39, 0.29) is 25.4 Å². The molecule has 142 valence electrons. The largest absolute Gasteiger partial charge is 0.347 e. The third-order valence-electron chi connectivity index (χ3n) is 3.81. The first-order valence-electron chi connectivity index (χ1n) is 8.21. The van der Waals surface area contributed by atoms with Crippen molar-refractivity contribution in [3.05, 3.63) is 53.0 Å². The number of halogens is 2. The van der Waals surface area contributed by atoms with E-state index in [0.717, 1.165) is 16.8 Å². The van der Waals surface area contributed by atoms with E-state index in [1.807, 2.05) is 0 Å². The third kappa shape index (κ3) is 4.66. The third-order valence-corrected chi connectivity index (χ3v) is 4.83. The number of carbonyl (C=O) groups is 2. The summed E-state index contributed by atoms with van der Waals surface area (Å²) in [6.45, 7) is -0.335. The molecule has 0 bridgehead atoms. The molecule has 0 atom stereocenters. The van der Waals surface area contributed by atoms with Gasteiger partial charge in [-0.1, -0.05) is 12.1 Å². The average molecular weight is 400 g/mol. The molecule has 0 saturated carbocycles. The van der Waals surface area contributed by atoms with Crippen LogP contribution >= 0.6 is 11.3 Å². The lowest BCUT2D eigenvalue weighted by Crippen LogP contribution is -2.37. The second-order valence-electron chi connectivity index (χ2n) is 5.81. The van der Waals surface area contributed by atoms with Gasteiger partial charge >= 0.3 is 0 Å². The summed E-state index contributed by atoms with van der Waals surface area (Å²) in [6, 6.07) is 10.8. The van der Waals surface area contributed by atoms with Crippen molar-refractivity contribution in [3.63, 3.8) is 0 Å². The molecule has 28 heavy (non-hydrogen) atoms. The fourth-order valence-corrected chi connectivity index (χ4v) is 3.49. The van der Waals surface area contributed by atoms with E-state index in [1.165, 1.54) is 17.4 Å². The van der Waals surface area contributed by atoms with Crippen LogP contribution in [0.5, 0.6) is 0 Å². The van der Waals surface area contributed by atoms with E-state index in [1.54, 1.807) is 24.3 Å². The maximum Gasteiger partial charge on any atom is 0.240 e. The van der Waals surface area contributed by atoms with Gasteiger partial charge in [-0.3, -0.25) is 9.59 Å². The zero-order valence-corrected chi connectivity index (χ0v) is 15.3. The number of rotatable bonds is 6. The Morgan fingerprint density at radius 3 is 2.54 bits per heavy atom. The zero-order valence-electron chi connectivity index (χ0n) is 14.5. The van der Waals surface area contributed by atoms with E-state index in [2.05, 4.69) is 15.6 Å². The summed E-state index contributed by atoms with van der Waals surface area (Å²) in [6.07, 6.45) is 0.00534. The van der Waals surface area contributed by atoms with Crippen LogP contribution in [0, 0.1) is 23.0 Å². The summed E-state index contributed by atoms with van der Waals surface area (Å²) in [4.78, 5) is 27.7. The van der Waals surface area contributed by atoms with Crippen LogP contribution in [0.2, 0.25) is 0 Å². The van der Waals surface area contributed by atoms with Gasteiger partial charge in [-0.2, -0.15) is 5.26 Å². The molecule has 1 aromatic heterocycles. The molecule has 0 radical (unpaired) electrons. The van der Waals surface area contributed by atoms with Crippen molar-refractivity contribution in [2.75, 3.05) is 13.1 Å². The number of nitriles is 1. The van der Waals surface area contributed by atoms with Gasteiger partial charge in [0.25, 0.3) is 0 Å². The molecule has 0 aliphatic rings. The number of benzene rings is 2. The molecular formula is C19H14F2N4O2S. The standard InChI is InChI=1S/C19H14F2N4O2S/c20-13-3-1-11(7-14(13)21)12-2-4-15-16(8-12)28-19(25-15)9-17(26)24-10-18(27)23-6-5-22/h1-4,7-8H,6,9-10H2,(H,23,27)(H,24,26). The van der Waals surface area contributed by atoms with Crippen LogP contribution in [0.1, 0.15) is 5.01 Å². The number of thiazole rings is 1. The van der Waals surface area contributed by atoms with Crippen molar-refractivity contribution in [1.82, 2.24) is 15.6 Å². The fourth-order valence-electron chi connectivity index (χ4n) is 2.48. The van der Waals surface area contributed by atoms with Crippen LogP contribution in [0.15, 0.2) is 36.4 Å². The molecule has 1 heterocycles. The Kier molecular flexibility index (Phi) is 5.91. The highest BCUT2D eigenvalue weighted by Crippen LogP contribution is 2.29. The van der Waals surface area contributed by atoms with Crippen molar-refractivity contribution >= 4 is 33.4 Å². The predicted octanol–water partition coefficient (Wildman–Crippen LogP) is 2.54. The number of hydrogen-bond acceptors (Lipinski definition) is 5. The summed E-state index contributed by atoms with van der Waals surface area (Å²) in [5.74, 6) is -2.64. The van der Waals surface area contributed by atoms with Gasteiger partial charge < -0.3 is 10.6 Å². The molecule has 0 spiro atoms. The minimum Gasteiger partial charge on any atom is -0.347 e. The maximum absolute atomic E-state index is 13.5. The van der Waals surface area contributed by atoms with Crippen LogP contribution in [0.4, 0.5) is 8.78 Å². The molecule has 0 aliphatic carbocycles. The summed E-state index contributed by atoms with van der Waals surface area (Å²) in [5, 5.41) is 13.7. The lowest BCUT2D eigenvalue weighted by atomic mass is 10.1. The summed E-state index contributed by atoms with van der Waals surface area (Å²) in [7, 11) is 0. The second-order valence-corrected chi connectivity index (χ2v) is 6.92. The SMILES string of the molecule is N#CCNC(=O)CNC(=O)Cc1nc2ccc(-c3ccc(F)c(F)c3)cc2s1. The van der Waals surface area contributed by atoms with E-state index in [9.17, 15) is 18.4 Å². The molecule has 0 unspecified atom stereocenters. The first-order chi connectivity index (χ1) is 13.5. The van der Waals surface area contributed by atoms with Crippen LogP contribution in [-0.2, 0) is 16.0 Å². The van der Waals surface area contributed by atoms with Crippen LogP contribution < -0.4 is 10.6 Å². The number of fused-ring (bicyclic) bond motifs is 1. The van der Waals surface area contributed by atoms with Crippen molar-refractivity contribution < 1.29 is 18.4 Å². The molecule has 0 saturated heterocycles. The van der Waals surface area contributed by atoms with Crippen molar-refractivity contribution in [2.24, 2.45) is 0 Å². The number of aromatic nitrogens is 1. The Labute approximate surface area is 162 Å². The Morgan fingerprint density at radius 2 is 1.79 bits per heavy atom. The number of amides is 2. The lowest BCUT2D eigenvalue weighted by Gasteiger charge is -2.03. The molecule has 9 heteroatoms. The molecule has 2 amide bonds. The van der Waals surface area contributed by atoms with Gasteiger partial charge in [0.1, 0.15) is 11.6 Å². The number of carbonyl (C=O) groups excluding carboxylic acids is 2. The lowest BCUT2D eigenvalue weighted by molar-refractivity contribution is -0.125. The van der Waals surface area contributed by atoms with Gasteiger partial charge in [-0.15, -0.1) is 11.3 Å². The normalized spacial score (nSPS) is 10.5. The Morgan fingerprint density at radius 1 is 1.04 bits per heavy atom. The van der Waals surface area contributed by atoms with Gasteiger partial charge in [0.2, 0.25) is 11.8 Å². The Balaban J connectivity index is 1.69. The molecule has 2 N–H and O–H groups in total. The van der Waals surface area contributed by atoms with Crippen LogP contribution in [0.3, 0.4) is 0 Å². The zero-order chi connectivity index (χ0) is 20.1. The Bertz CT molecular complexity index is 1090. The van der Waals surface area contributed by atoms with Gasteiger partial charge in [0.05, 0.1) is 29.3 Å². The highest BCUT2D eigenvalue weighted by atomic mass is 32.1. The molecule has 2 aromatic carbocycles. The van der Waals surface area contributed by atoms with Gasteiger partial charge in [0, 0.05) is 0 Å². The smallest absolute Gasteiger partial charge is 0.240 e. The van der Waals surface area contributed by atoms with E-state index >= 15 is 0 Å². The van der Waals surface area contributed by atoms with Crippen LogP contribution in [0.25, 0.3) is 21.3 Å². The van der Waals surface area contributed by atoms with Gasteiger partial charge in [0.15, 0.2) is 11.6 Å². The van der Waals surface area contributed by atoms with Gasteiger partial charge in [-0.25, -0.2) is 13.8 Å². The summed E-state index contributed by atoms with van der Waals surface area (Å²) >= 11 is 1.31. The molecule has 3 aromatic rings. The maximum atomic E-state index is 13.5. The van der Waals surface area contributed by atoms with Crippen molar-refractivity contribution in [3.8, 4) is 17.2 Å². The van der Waals surface area contributed by atoms with E-state index in [4.69, 9.17) is 5.26 Å². The fraction of sp³-hybridized carbons (Fsp3) is 0.158. The minimum absolute atomic E-state index is 0.00534. The van der Waals surface area contributed by atoms with E-state index in [0.29, 0.717) is 21.7 Å². The molecule has 3 rings (SSSR count). The number of nitrogens with one attached hydrogen (secondary N) is 2. The number of nitrogens with zero attached hydrogens (tertiary/aromatic N) is 2. The molecular weight excluding hydrogens is 386 g/mol. The van der Waals surface area contributed by atoms with Crippen molar-refractivity contribution in [1.29, 1.82) is 5.26 Å². The quantitative estimate of drug-likeness (QED) is 0.622. The monoisotopic (exact) mass is 400 g/mol. The first kappa shape index (κ1) is 19.4. The second kappa shape index (κ2) is 8.54. The summed E-state index contributed by atoms with van der Waals surface area (Å²) in [5.41, 5.74) is 1.93. The average Bonchev–Trinajstić information content (AvgIpc) is 3.08. The number of hydrogen-bond donors (Lipinski definition) is 2. The van der Waals surface area contributed by atoms with Crippen LogP contribution in [-0.4, -0.2) is 29.9 Å². The van der Waals surface area contributed by atoms with Crippen molar-refractivity contribution in [2.45, 2.75) is 6.42 Å². The minimum atomic E-state index is -0.918. The highest BCUT2D eigenvalue weighted by Gasteiger charge is 2.12. The highest BCUT2D eigenvalue weighted by molar-refractivity contribution is 7.18. The predicted molar refractivity (Wildman–Crippen MR) is 100 cm³/mol. The Hall–Kier alpha value is -3.38. The summed E-state index contributed by atoms with van der Waals surface area (Å²) < 4.78 is 27.4. The molecule has 6 nitrogen and oxygen atoms in total. The van der Waals surface area contributed by atoms with Gasteiger partial charge in [-0.05, 0) is 35.4 Å². The first-order valence-corrected chi connectivity index (χ1v) is 9.03. The molecule has 0 fully saturated rings. The van der Waals surface area contributed by atoms with E-state index < -0.39 is 17.5 Å². The topological polar surface area (TPSA) is 94.9 Å². The molecule has 0 aliphatic heterocycles.